The van der Waals surface area contributed by atoms with E-state index in [1.165, 1.54) is 4.90 Å². The lowest BCUT2D eigenvalue weighted by molar-refractivity contribution is -0.136. The molecule has 0 radical (unpaired) electrons. The molecule has 172 valence electrons. The highest BCUT2D eigenvalue weighted by Crippen LogP contribution is 2.36. The van der Waals surface area contributed by atoms with Crippen molar-refractivity contribution in [1.29, 1.82) is 0 Å². The monoisotopic (exact) mass is 467 g/mol. The third-order valence-electron chi connectivity index (χ3n) is 7.04. The quantitative estimate of drug-likeness (QED) is 0.674. The fraction of sp³-hybridized carbons (Fsp3) is 0.400. The number of piperidine rings is 2. The van der Waals surface area contributed by atoms with Crippen molar-refractivity contribution < 1.29 is 19.5 Å². The lowest BCUT2D eigenvalue weighted by atomic mass is 9.83. The first-order chi connectivity index (χ1) is 15.8. The van der Waals surface area contributed by atoms with E-state index in [1.807, 2.05) is 30.3 Å². The summed E-state index contributed by atoms with van der Waals surface area (Å²) in [6, 6.07) is 12.7. The first-order valence-electron chi connectivity index (χ1n) is 11.3. The zero-order chi connectivity index (χ0) is 23.2. The van der Waals surface area contributed by atoms with E-state index in [4.69, 9.17) is 11.6 Å². The van der Waals surface area contributed by atoms with Crippen LogP contribution in [0.1, 0.15) is 52.7 Å². The number of carbonyl (C=O) groups is 3. The number of rotatable bonds is 4. The Bertz CT molecular complexity index is 1130. The van der Waals surface area contributed by atoms with Crippen LogP contribution in [0.3, 0.4) is 0 Å². The molecule has 2 N–H and O–H groups in total. The van der Waals surface area contributed by atoms with Crippen LogP contribution in [0, 0.1) is 0 Å². The van der Waals surface area contributed by atoms with Gasteiger partial charge in [-0.05, 0) is 54.2 Å². The van der Waals surface area contributed by atoms with Crippen molar-refractivity contribution in [3.63, 3.8) is 0 Å². The van der Waals surface area contributed by atoms with Crippen molar-refractivity contribution >= 4 is 29.3 Å². The maximum atomic E-state index is 12.9. The molecular weight excluding hydrogens is 442 g/mol. The van der Waals surface area contributed by atoms with E-state index in [-0.39, 0.29) is 18.2 Å². The second-order valence-electron chi connectivity index (χ2n) is 9.21. The zero-order valence-electron chi connectivity index (χ0n) is 18.2. The molecule has 3 heterocycles. The lowest BCUT2D eigenvalue weighted by Gasteiger charge is -2.38. The number of benzene rings is 2. The van der Waals surface area contributed by atoms with Crippen molar-refractivity contribution in [2.45, 2.75) is 50.4 Å². The molecule has 0 aliphatic carbocycles. The highest BCUT2D eigenvalue weighted by atomic mass is 35.5. The van der Waals surface area contributed by atoms with Gasteiger partial charge in [-0.2, -0.15) is 0 Å². The van der Waals surface area contributed by atoms with E-state index >= 15 is 0 Å². The van der Waals surface area contributed by atoms with Gasteiger partial charge < -0.3 is 10.0 Å². The summed E-state index contributed by atoms with van der Waals surface area (Å²) in [7, 11) is 0. The Morgan fingerprint density at radius 1 is 1.09 bits per heavy atom. The Morgan fingerprint density at radius 2 is 1.88 bits per heavy atom. The fourth-order valence-electron chi connectivity index (χ4n) is 5.13. The molecule has 8 heteroatoms. The van der Waals surface area contributed by atoms with Crippen LogP contribution in [0.4, 0.5) is 0 Å². The molecule has 1 unspecified atom stereocenters. The summed E-state index contributed by atoms with van der Waals surface area (Å²) in [6.45, 7) is 2.60. The molecule has 2 aromatic carbocycles. The van der Waals surface area contributed by atoms with Gasteiger partial charge in [0.05, 0.1) is 5.60 Å². The third kappa shape index (κ3) is 4.28. The summed E-state index contributed by atoms with van der Waals surface area (Å²) < 4.78 is 0. The minimum atomic E-state index is -0.953. The van der Waals surface area contributed by atoms with Gasteiger partial charge >= 0.3 is 0 Å². The Kier molecular flexibility index (Phi) is 5.72. The maximum absolute atomic E-state index is 12.9. The highest BCUT2D eigenvalue weighted by Gasteiger charge is 2.40. The van der Waals surface area contributed by atoms with Crippen LogP contribution in [-0.2, 0) is 28.3 Å². The summed E-state index contributed by atoms with van der Waals surface area (Å²) >= 11 is 6.10. The second-order valence-corrected chi connectivity index (χ2v) is 9.65. The number of halogens is 1. The van der Waals surface area contributed by atoms with Gasteiger partial charge in [-0.1, -0.05) is 35.9 Å². The first kappa shape index (κ1) is 22.1. The molecule has 1 atom stereocenters. The van der Waals surface area contributed by atoms with Crippen LogP contribution in [0.25, 0.3) is 0 Å². The number of imide groups is 1. The van der Waals surface area contributed by atoms with E-state index < -0.39 is 17.6 Å². The number of aliphatic hydroxyl groups is 1. The topological polar surface area (TPSA) is 90.0 Å². The largest absolute Gasteiger partial charge is 0.385 e. The van der Waals surface area contributed by atoms with Crippen molar-refractivity contribution in [3.8, 4) is 0 Å². The molecule has 7 nitrogen and oxygen atoms in total. The van der Waals surface area contributed by atoms with Gasteiger partial charge in [0.1, 0.15) is 6.04 Å². The van der Waals surface area contributed by atoms with E-state index in [0.717, 1.165) is 41.3 Å². The number of fused-ring (bicyclic) bond motifs is 1. The van der Waals surface area contributed by atoms with Crippen LogP contribution in [0.15, 0.2) is 42.5 Å². The molecule has 3 aliphatic rings. The molecule has 33 heavy (non-hydrogen) atoms. The second kappa shape index (κ2) is 8.56. The normalized spacial score (nSPS) is 22.9. The predicted octanol–water partition coefficient (Wildman–Crippen LogP) is 2.58. The van der Waals surface area contributed by atoms with Gasteiger partial charge in [-0.3, -0.25) is 24.6 Å². The van der Waals surface area contributed by atoms with Crippen molar-refractivity contribution in [3.05, 3.63) is 69.7 Å². The van der Waals surface area contributed by atoms with Crippen molar-refractivity contribution in [2.24, 2.45) is 0 Å². The Balaban J connectivity index is 1.27. The smallest absolute Gasteiger partial charge is 0.255 e. The number of carbonyl (C=O) groups excluding carboxylic acids is 3. The maximum Gasteiger partial charge on any atom is 0.255 e. The molecule has 3 aliphatic heterocycles. The standard InChI is InChI=1S/C25H26ClN3O4/c26-19-3-1-2-16(12-19)14-28-10-8-25(33,9-11-28)18-4-5-20-17(13-18)15-29(24(20)32)21-6-7-22(30)27-23(21)31/h1-5,12-13,21,33H,6-11,14-15H2,(H,27,30,31). The first-order valence-corrected chi connectivity index (χ1v) is 11.7. The summed E-state index contributed by atoms with van der Waals surface area (Å²) in [5.41, 5.74) is 2.38. The third-order valence-corrected chi connectivity index (χ3v) is 7.27. The van der Waals surface area contributed by atoms with Gasteiger partial charge in [0.25, 0.3) is 5.91 Å². The number of amides is 3. The van der Waals surface area contributed by atoms with Crippen LogP contribution in [0.5, 0.6) is 0 Å². The number of hydrogen-bond donors (Lipinski definition) is 2. The van der Waals surface area contributed by atoms with Gasteiger partial charge in [-0.15, -0.1) is 0 Å². The number of hydrogen-bond acceptors (Lipinski definition) is 5. The van der Waals surface area contributed by atoms with E-state index in [0.29, 0.717) is 31.4 Å². The lowest BCUT2D eigenvalue weighted by Crippen LogP contribution is -2.52. The zero-order valence-corrected chi connectivity index (χ0v) is 19.0. The number of likely N-dealkylation sites (tertiary alicyclic amines) is 1. The van der Waals surface area contributed by atoms with Gasteiger partial charge in [-0.25, -0.2) is 0 Å². The predicted molar refractivity (Wildman–Crippen MR) is 122 cm³/mol. The summed E-state index contributed by atoms with van der Waals surface area (Å²) in [6.07, 6.45) is 1.76. The van der Waals surface area contributed by atoms with Gasteiger partial charge in [0.15, 0.2) is 0 Å². The average Bonchev–Trinajstić information content (AvgIpc) is 3.11. The molecule has 3 amide bonds. The SMILES string of the molecule is O=C1CCC(N2Cc3cc(C4(O)CCN(Cc5cccc(Cl)c5)CC4)ccc3C2=O)C(=O)N1. The molecule has 0 bridgehead atoms. The summed E-state index contributed by atoms with van der Waals surface area (Å²) in [5.74, 6) is -0.917. The van der Waals surface area contributed by atoms with Crippen LogP contribution in [0.2, 0.25) is 5.02 Å². The molecule has 2 aromatic rings. The summed E-state index contributed by atoms with van der Waals surface area (Å²) in [4.78, 5) is 40.5. The number of nitrogens with zero attached hydrogens (tertiary/aromatic N) is 2. The van der Waals surface area contributed by atoms with Crippen LogP contribution >= 0.6 is 11.6 Å². The van der Waals surface area contributed by atoms with Gasteiger partial charge in [0, 0.05) is 43.2 Å². The summed E-state index contributed by atoms with van der Waals surface area (Å²) in [5, 5.41) is 14.5. The molecule has 0 spiro atoms. The Morgan fingerprint density at radius 3 is 2.61 bits per heavy atom. The highest BCUT2D eigenvalue weighted by molar-refractivity contribution is 6.30. The van der Waals surface area contributed by atoms with Crippen molar-refractivity contribution in [2.75, 3.05) is 13.1 Å². The number of nitrogens with one attached hydrogen (secondary N) is 1. The minimum Gasteiger partial charge on any atom is -0.385 e. The molecule has 2 fully saturated rings. The molecule has 2 saturated heterocycles. The Hall–Kier alpha value is -2.74. The molecule has 0 aromatic heterocycles. The van der Waals surface area contributed by atoms with Crippen LogP contribution in [-0.4, -0.2) is 51.8 Å². The average molecular weight is 468 g/mol. The van der Waals surface area contributed by atoms with E-state index in [9.17, 15) is 19.5 Å². The van der Waals surface area contributed by atoms with E-state index in [2.05, 4.69) is 16.3 Å². The Labute approximate surface area is 197 Å². The molecule has 0 saturated carbocycles. The van der Waals surface area contributed by atoms with Crippen LogP contribution < -0.4 is 5.32 Å². The minimum absolute atomic E-state index is 0.200. The molecular formula is C25H26ClN3O4. The molecule has 5 rings (SSSR count). The van der Waals surface area contributed by atoms with Crippen molar-refractivity contribution in [1.82, 2.24) is 15.1 Å². The fourth-order valence-corrected chi connectivity index (χ4v) is 5.34. The van der Waals surface area contributed by atoms with E-state index in [1.54, 1.807) is 6.07 Å². The van der Waals surface area contributed by atoms with Gasteiger partial charge in [0.2, 0.25) is 11.8 Å².